The molecule has 0 N–H and O–H groups in total. The molecule has 0 aliphatic carbocycles. The van der Waals surface area contributed by atoms with E-state index in [9.17, 15) is 27.6 Å². The summed E-state index contributed by atoms with van der Waals surface area (Å²) in [7, 11) is 3.24. The first-order valence-corrected chi connectivity index (χ1v) is 12.1. The molecule has 0 unspecified atom stereocenters. The number of hydrogen-bond acceptors (Lipinski definition) is 7. The van der Waals surface area contributed by atoms with Crippen LogP contribution >= 0.6 is 0 Å². The molecule has 0 saturated heterocycles. The van der Waals surface area contributed by atoms with Crippen LogP contribution < -0.4 is 0 Å². The van der Waals surface area contributed by atoms with Gasteiger partial charge in [0.1, 0.15) is 12.0 Å². The van der Waals surface area contributed by atoms with Gasteiger partial charge in [0.25, 0.3) is 5.60 Å². The van der Waals surface area contributed by atoms with Crippen LogP contribution in [0.3, 0.4) is 0 Å². The van der Waals surface area contributed by atoms with Crippen molar-refractivity contribution >= 4 is 17.9 Å². The lowest BCUT2D eigenvalue weighted by Crippen LogP contribution is -2.53. The Morgan fingerprint density at radius 1 is 1.00 bits per heavy atom. The van der Waals surface area contributed by atoms with Gasteiger partial charge in [-0.05, 0) is 24.7 Å². The van der Waals surface area contributed by atoms with Crippen LogP contribution in [0.25, 0.3) is 0 Å². The van der Waals surface area contributed by atoms with Crippen molar-refractivity contribution < 1.29 is 46.5 Å². The summed E-state index contributed by atoms with van der Waals surface area (Å²) in [4.78, 5) is 37.3. The molecule has 0 saturated carbocycles. The Balaban J connectivity index is 3.33. The highest BCUT2D eigenvalue weighted by Crippen LogP contribution is 2.44. The smallest absolute Gasteiger partial charge is 0.432 e. The Morgan fingerprint density at radius 3 is 2.11 bits per heavy atom. The minimum absolute atomic E-state index is 0.0581. The van der Waals surface area contributed by atoms with Gasteiger partial charge in [-0.25, -0.2) is 4.79 Å². The SMILES string of the molecule is CC[C@H](C)[C@@H](OC(=O)[C@](OC)(c1ccccc1)C(F)(F)F)[C@@H](/C=C/C[C@H](C)CCC(=O)OC)C(=O)OC. The second-order valence-corrected chi connectivity index (χ2v) is 8.94. The van der Waals surface area contributed by atoms with E-state index in [1.54, 1.807) is 19.9 Å². The summed E-state index contributed by atoms with van der Waals surface area (Å²) in [6, 6.07) is 6.48. The molecule has 37 heavy (non-hydrogen) atoms. The third-order valence-electron chi connectivity index (χ3n) is 6.40. The van der Waals surface area contributed by atoms with Gasteiger partial charge in [0, 0.05) is 19.1 Å². The van der Waals surface area contributed by atoms with Crippen LogP contribution in [-0.4, -0.2) is 51.5 Å². The summed E-state index contributed by atoms with van der Waals surface area (Å²) in [5.74, 6) is -4.36. The molecule has 0 fully saturated rings. The summed E-state index contributed by atoms with van der Waals surface area (Å²) < 4.78 is 62.9. The summed E-state index contributed by atoms with van der Waals surface area (Å²) in [5, 5.41) is 0. The van der Waals surface area contributed by atoms with E-state index in [-0.39, 0.29) is 18.3 Å². The van der Waals surface area contributed by atoms with Gasteiger partial charge >= 0.3 is 24.1 Å². The number of methoxy groups -OCH3 is 3. The van der Waals surface area contributed by atoms with Gasteiger partial charge in [0.2, 0.25) is 0 Å². The van der Waals surface area contributed by atoms with Crippen molar-refractivity contribution in [2.24, 2.45) is 17.8 Å². The molecule has 208 valence electrons. The lowest BCUT2D eigenvalue weighted by molar-refractivity contribution is -0.279. The van der Waals surface area contributed by atoms with Gasteiger partial charge in [-0.3, -0.25) is 9.59 Å². The van der Waals surface area contributed by atoms with Crippen molar-refractivity contribution in [3.8, 4) is 0 Å². The number of carbonyl (C=O) groups is 3. The first-order chi connectivity index (χ1) is 17.4. The monoisotopic (exact) mass is 530 g/mol. The molecule has 10 heteroatoms. The van der Waals surface area contributed by atoms with Crippen molar-refractivity contribution in [2.75, 3.05) is 21.3 Å². The van der Waals surface area contributed by atoms with Crippen LogP contribution in [0.5, 0.6) is 0 Å². The average Bonchev–Trinajstić information content (AvgIpc) is 2.88. The van der Waals surface area contributed by atoms with Crippen molar-refractivity contribution in [1.82, 2.24) is 0 Å². The molecular formula is C27H37F3O7. The Labute approximate surface area is 216 Å². The minimum atomic E-state index is -5.15. The number of benzene rings is 1. The number of rotatable bonds is 14. The third kappa shape index (κ3) is 8.31. The molecule has 0 bridgehead atoms. The highest BCUT2D eigenvalue weighted by atomic mass is 19.4. The number of halogens is 3. The zero-order valence-electron chi connectivity index (χ0n) is 22.2. The Hall–Kier alpha value is -2.88. The van der Waals surface area contributed by atoms with Gasteiger partial charge in [0.15, 0.2) is 0 Å². The van der Waals surface area contributed by atoms with E-state index in [2.05, 4.69) is 4.74 Å². The summed E-state index contributed by atoms with van der Waals surface area (Å²) in [5.41, 5.74) is -3.82. The number of carbonyl (C=O) groups excluding carboxylic acids is 3. The molecule has 0 aliphatic rings. The van der Waals surface area contributed by atoms with E-state index in [1.807, 2.05) is 6.92 Å². The largest absolute Gasteiger partial charge is 0.469 e. The zero-order chi connectivity index (χ0) is 28.2. The number of esters is 3. The molecule has 0 amide bonds. The number of alkyl halides is 3. The number of allylic oxidation sites excluding steroid dienone is 1. The van der Waals surface area contributed by atoms with Crippen molar-refractivity contribution in [2.45, 2.75) is 64.3 Å². The van der Waals surface area contributed by atoms with Crippen LogP contribution in [0.4, 0.5) is 13.2 Å². The van der Waals surface area contributed by atoms with Gasteiger partial charge in [-0.1, -0.05) is 69.7 Å². The first-order valence-electron chi connectivity index (χ1n) is 12.1. The molecular weight excluding hydrogens is 493 g/mol. The zero-order valence-corrected chi connectivity index (χ0v) is 22.2. The molecule has 1 aromatic carbocycles. The van der Waals surface area contributed by atoms with E-state index in [4.69, 9.17) is 14.2 Å². The number of hydrogen-bond donors (Lipinski definition) is 0. The topological polar surface area (TPSA) is 88.1 Å². The standard InChI is InChI=1S/C27H37F3O7/c1-7-19(3)23(21(24(32)35-5)15-11-12-18(2)16-17-22(31)34-4)37-25(33)26(36-6,27(28,29)30)20-13-9-8-10-14-20/h8-11,13-15,18-19,21,23H,7,12,16-17H2,1-6H3/b15-11+/t18-,19-,21+,23+,26+/m0/s1. The van der Waals surface area contributed by atoms with Crippen molar-refractivity contribution in [3.05, 3.63) is 48.0 Å². The average molecular weight is 531 g/mol. The van der Waals surface area contributed by atoms with Gasteiger partial charge in [-0.2, -0.15) is 13.2 Å². The fourth-order valence-electron chi connectivity index (χ4n) is 3.87. The number of ether oxygens (including phenoxy) is 4. The highest BCUT2D eigenvalue weighted by molar-refractivity contribution is 5.83. The maximum atomic E-state index is 14.4. The van der Waals surface area contributed by atoms with Crippen molar-refractivity contribution in [3.63, 3.8) is 0 Å². The van der Waals surface area contributed by atoms with E-state index in [0.717, 1.165) is 26.4 Å². The lowest BCUT2D eigenvalue weighted by atomic mass is 9.88. The Morgan fingerprint density at radius 2 is 1.62 bits per heavy atom. The quantitative estimate of drug-likeness (QED) is 0.181. The molecule has 1 aromatic rings. The molecule has 0 aromatic heterocycles. The Kier molecular flexibility index (Phi) is 12.8. The molecule has 1 rings (SSSR count). The first kappa shape index (κ1) is 32.1. The fourth-order valence-corrected chi connectivity index (χ4v) is 3.87. The van der Waals surface area contributed by atoms with Crippen LogP contribution in [0.15, 0.2) is 42.5 Å². The molecule has 0 spiro atoms. The van der Waals surface area contributed by atoms with Crippen LogP contribution in [0, 0.1) is 17.8 Å². The van der Waals surface area contributed by atoms with Gasteiger partial charge in [0.05, 0.1) is 14.2 Å². The summed E-state index contributed by atoms with van der Waals surface area (Å²) in [6.45, 7) is 5.34. The maximum absolute atomic E-state index is 14.4. The van der Waals surface area contributed by atoms with Gasteiger partial charge in [-0.15, -0.1) is 0 Å². The molecule has 0 radical (unpaired) electrons. The third-order valence-corrected chi connectivity index (χ3v) is 6.40. The summed E-state index contributed by atoms with van der Waals surface area (Å²) >= 11 is 0. The molecule has 5 atom stereocenters. The normalized spacial score (nSPS) is 16.8. The molecule has 0 heterocycles. The van der Waals surface area contributed by atoms with E-state index in [0.29, 0.717) is 19.3 Å². The van der Waals surface area contributed by atoms with Crippen LogP contribution in [0.2, 0.25) is 0 Å². The highest BCUT2D eigenvalue weighted by Gasteiger charge is 2.64. The van der Waals surface area contributed by atoms with E-state index < -0.39 is 47.2 Å². The fraction of sp³-hybridized carbons (Fsp3) is 0.593. The maximum Gasteiger partial charge on any atom is 0.432 e. The molecule has 7 nitrogen and oxygen atoms in total. The minimum Gasteiger partial charge on any atom is -0.469 e. The van der Waals surface area contributed by atoms with E-state index >= 15 is 0 Å². The van der Waals surface area contributed by atoms with Crippen LogP contribution in [0.1, 0.15) is 52.0 Å². The summed E-state index contributed by atoms with van der Waals surface area (Å²) in [6.07, 6.45) is -1.59. The van der Waals surface area contributed by atoms with Crippen molar-refractivity contribution in [1.29, 1.82) is 0 Å². The second kappa shape index (κ2) is 14.8. The predicted octanol–water partition coefficient (Wildman–Crippen LogP) is 5.37. The predicted molar refractivity (Wildman–Crippen MR) is 130 cm³/mol. The lowest BCUT2D eigenvalue weighted by Gasteiger charge is -2.36. The van der Waals surface area contributed by atoms with E-state index in [1.165, 1.54) is 31.4 Å². The van der Waals surface area contributed by atoms with Crippen LogP contribution in [-0.2, 0) is 38.9 Å². The molecule has 0 aliphatic heterocycles. The Bertz CT molecular complexity index is 901. The van der Waals surface area contributed by atoms with Gasteiger partial charge < -0.3 is 18.9 Å². The second-order valence-electron chi connectivity index (χ2n) is 8.94.